The molecule has 0 radical (unpaired) electrons. The van der Waals surface area contributed by atoms with Gasteiger partial charge in [-0.2, -0.15) is 11.8 Å². The van der Waals surface area contributed by atoms with Gasteiger partial charge in [0.05, 0.1) is 6.54 Å². The molecule has 0 rings (SSSR count). The van der Waals surface area contributed by atoms with Crippen molar-refractivity contribution in [3.63, 3.8) is 0 Å². The van der Waals surface area contributed by atoms with E-state index in [0.717, 1.165) is 6.92 Å². The monoisotopic (exact) mass is 945 g/mol. The van der Waals surface area contributed by atoms with Crippen molar-refractivity contribution in [2.45, 2.75) is 114 Å². The maximum atomic E-state index is 13.9. The zero-order chi connectivity index (χ0) is 49.6. The average Bonchev–Trinajstić information content (AvgIpc) is 3.21. The molecule has 0 saturated carbocycles. The molecule has 0 unspecified atom stereocenters. The van der Waals surface area contributed by atoms with Crippen LogP contribution in [0.25, 0.3) is 0 Å². The summed E-state index contributed by atoms with van der Waals surface area (Å²) >= 11 is 1.26. The number of hydrogen-bond acceptors (Lipinski definition) is 14. The third-order valence-electron chi connectivity index (χ3n) is 8.77. The van der Waals surface area contributed by atoms with E-state index < -0.39 is 140 Å². The fourth-order valence-electron chi connectivity index (χ4n) is 5.58. The summed E-state index contributed by atoms with van der Waals surface area (Å²) in [5.74, 6) is -11.1. The first-order valence-corrected chi connectivity index (χ1v) is 21.5. The minimum Gasteiger partial charge on any atom is -0.481 e. The summed E-state index contributed by atoms with van der Waals surface area (Å²) < 4.78 is 0. The number of carboxylic acids is 2. The molecule has 0 spiro atoms. The van der Waals surface area contributed by atoms with Gasteiger partial charge in [0.2, 0.25) is 53.2 Å². The standard InChI is InChI=1S/C36H63N15O13S/c1-18(52)46-21(8-11-27(55)56)31(61)50-23(9-12-28(57)58)33(63)51-24(13-16-65-2)34(64)49-22(7-10-25(37)53)32(62)48-20(6-4-15-44-36(41)42)30(60)47-19(5-3-14-43-35(39)40)29(59)45-17-26(38)54/h19-24H,3-17H2,1-2H3,(H2,37,53)(H2,38,54)(H,45,59)(H,46,52)(H,47,60)(H,48,62)(H,49,64)(H,50,61)(H,51,63)(H,55,56)(H,57,58)(H4,39,40,43)(H4,41,42,44)/t19-,20-,21-,22-,23-,24-/m0/s1. The maximum absolute atomic E-state index is 13.9. The Labute approximate surface area is 378 Å². The third kappa shape index (κ3) is 27.7. The number of guanidine groups is 2. The molecule has 0 aliphatic rings. The minimum absolute atomic E-state index is 0.00811. The molecule has 21 N–H and O–H groups in total. The van der Waals surface area contributed by atoms with Gasteiger partial charge in [0.25, 0.3) is 0 Å². The Morgan fingerprint density at radius 1 is 0.477 bits per heavy atom. The van der Waals surface area contributed by atoms with Crippen LogP contribution in [0.5, 0.6) is 0 Å². The summed E-state index contributed by atoms with van der Waals surface area (Å²) in [4.78, 5) is 147. The summed E-state index contributed by atoms with van der Waals surface area (Å²) in [5, 5.41) is 35.2. The van der Waals surface area contributed by atoms with E-state index in [-0.39, 0.29) is 69.3 Å². The first kappa shape index (κ1) is 58.1. The fraction of sp³-hybridized carbons (Fsp3) is 0.639. The Kier molecular flexibility index (Phi) is 28.4. The number of rotatable bonds is 34. The van der Waals surface area contributed by atoms with Gasteiger partial charge in [-0.05, 0) is 63.4 Å². The number of nitrogens with two attached hydrogens (primary N) is 6. The number of carbonyl (C=O) groups excluding carboxylic acids is 9. The highest BCUT2D eigenvalue weighted by atomic mass is 32.2. The largest absolute Gasteiger partial charge is 0.481 e. The zero-order valence-corrected chi connectivity index (χ0v) is 37.0. The van der Waals surface area contributed by atoms with Gasteiger partial charge in [-0.15, -0.1) is 0 Å². The molecule has 9 amide bonds. The minimum atomic E-state index is -1.62. The van der Waals surface area contributed by atoms with Crippen LogP contribution in [0.2, 0.25) is 0 Å². The number of nitrogens with zero attached hydrogens (tertiary/aromatic N) is 2. The van der Waals surface area contributed by atoms with Gasteiger partial charge in [0.1, 0.15) is 36.3 Å². The summed E-state index contributed by atoms with van der Waals surface area (Å²) in [6, 6.07) is -8.85. The first-order chi connectivity index (χ1) is 30.5. The van der Waals surface area contributed by atoms with Gasteiger partial charge in [-0.3, -0.25) is 62.7 Å². The van der Waals surface area contributed by atoms with Crippen LogP contribution >= 0.6 is 11.8 Å². The van der Waals surface area contributed by atoms with Gasteiger partial charge < -0.3 is 81.8 Å². The molecule has 65 heavy (non-hydrogen) atoms. The highest BCUT2D eigenvalue weighted by Crippen LogP contribution is 2.10. The van der Waals surface area contributed by atoms with Crippen LogP contribution in [0, 0.1) is 0 Å². The lowest BCUT2D eigenvalue weighted by Gasteiger charge is -2.27. The van der Waals surface area contributed by atoms with E-state index in [9.17, 15) is 57.8 Å². The second-order valence-electron chi connectivity index (χ2n) is 14.3. The Morgan fingerprint density at radius 2 is 0.815 bits per heavy atom. The fourth-order valence-corrected chi connectivity index (χ4v) is 6.05. The molecule has 28 nitrogen and oxygen atoms in total. The Bertz CT molecular complexity index is 1740. The Balaban J connectivity index is 6.70. The van der Waals surface area contributed by atoms with Gasteiger partial charge in [-0.25, -0.2) is 0 Å². The lowest BCUT2D eigenvalue weighted by molar-refractivity contribution is -0.140. The number of aliphatic imine (C=N–C) groups is 2. The molecule has 29 heteroatoms. The molecular formula is C36H63N15O13S. The van der Waals surface area contributed by atoms with E-state index >= 15 is 0 Å². The molecule has 6 atom stereocenters. The maximum Gasteiger partial charge on any atom is 0.303 e. The number of primary amides is 2. The first-order valence-electron chi connectivity index (χ1n) is 20.1. The van der Waals surface area contributed by atoms with E-state index in [1.54, 1.807) is 6.26 Å². The van der Waals surface area contributed by atoms with E-state index in [2.05, 4.69) is 47.2 Å². The summed E-state index contributed by atoms with van der Waals surface area (Å²) in [7, 11) is 0. The van der Waals surface area contributed by atoms with E-state index in [0.29, 0.717) is 0 Å². The summed E-state index contributed by atoms with van der Waals surface area (Å²) in [6.45, 7) is 0.550. The van der Waals surface area contributed by atoms with Crippen molar-refractivity contribution in [3.8, 4) is 0 Å². The van der Waals surface area contributed by atoms with E-state index in [1.165, 1.54) is 11.8 Å². The molecule has 0 fully saturated rings. The topological polar surface area (TPSA) is 493 Å². The quantitative estimate of drug-likeness (QED) is 0.0162. The van der Waals surface area contributed by atoms with Crippen molar-refractivity contribution in [2.75, 3.05) is 31.6 Å². The summed E-state index contributed by atoms with van der Waals surface area (Å²) in [6.07, 6.45) is -1.31. The predicted octanol–water partition coefficient (Wildman–Crippen LogP) is -6.63. The van der Waals surface area contributed by atoms with Crippen LogP contribution in [-0.4, -0.2) is 155 Å². The molecule has 0 aromatic rings. The third-order valence-corrected chi connectivity index (χ3v) is 9.41. The van der Waals surface area contributed by atoms with Gasteiger partial charge in [0, 0.05) is 39.3 Å². The van der Waals surface area contributed by atoms with Crippen LogP contribution in [0.15, 0.2) is 9.98 Å². The lowest BCUT2D eigenvalue weighted by Crippen LogP contribution is -2.60. The zero-order valence-electron chi connectivity index (χ0n) is 36.2. The number of carboxylic acid groups (broad SMARTS) is 2. The summed E-state index contributed by atoms with van der Waals surface area (Å²) in [5.41, 5.74) is 32.1. The van der Waals surface area contributed by atoms with E-state index in [1.807, 2.05) is 0 Å². The van der Waals surface area contributed by atoms with Crippen LogP contribution < -0.4 is 71.6 Å². The number of carbonyl (C=O) groups is 11. The van der Waals surface area contributed by atoms with Crippen molar-refractivity contribution in [3.05, 3.63) is 0 Å². The molecule has 0 aromatic heterocycles. The Hall–Kier alpha value is -6.94. The van der Waals surface area contributed by atoms with Crippen molar-refractivity contribution in [1.82, 2.24) is 37.2 Å². The predicted molar refractivity (Wildman–Crippen MR) is 234 cm³/mol. The van der Waals surface area contributed by atoms with Gasteiger partial charge in [0.15, 0.2) is 11.9 Å². The number of aliphatic carboxylic acids is 2. The van der Waals surface area contributed by atoms with Gasteiger partial charge in [-0.1, -0.05) is 0 Å². The molecule has 0 aromatic carbocycles. The molecular weight excluding hydrogens is 883 g/mol. The second-order valence-corrected chi connectivity index (χ2v) is 15.3. The van der Waals surface area contributed by atoms with E-state index in [4.69, 9.17) is 39.5 Å². The van der Waals surface area contributed by atoms with Crippen molar-refractivity contribution in [1.29, 1.82) is 0 Å². The highest BCUT2D eigenvalue weighted by molar-refractivity contribution is 7.98. The van der Waals surface area contributed by atoms with Crippen molar-refractivity contribution in [2.24, 2.45) is 44.4 Å². The SMILES string of the molecule is CSCC[C@H](NC(=O)[C@H](CCC(=O)O)NC(=O)[C@H](CCC(=O)O)NC(C)=O)C(=O)N[C@@H](CCC(N)=O)C(=O)N[C@@H](CCCN=C(N)N)C(=O)N[C@@H](CCCN=C(N)N)C(=O)NCC(N)=O. The smallest absolute Gasteiger partial charge is 0.303 e. The van der Waals surface area contributed by atoms with Gasteiger partial charge >= 0.3 is 11.9 Å². The highest BCUT2D eigenvalue weighted by Gasteiger charge is 2.34. The lowest BCUT2D eigenvalue weighted by atomic mass is 10.0. The van der Waals surface area contributed by atoms with Crippen molar-refractivity contribution >= 4 is 88.8 Å². The van der Waals surface area contributed by atoms with Crippen LogP contribution in [0.3, 0.4) is 0 Å². The normalized spacial score (nSPS) is 13.3. The van der Waals surface area contributed by atoms with Crippen LogP contribution in [-0.2, 0) is 52.7 Å². The second kappa shape index (κ2) is 31.8. The molecule has 0 saturated heterocycles. The number of hydrogen-bond donors (Lipinski definition) is 15. The van der Waals surface area contributed by atoms with Crippen LogP contribution in [0.4, 0.5) is 0 Å². The number of nitrogens with one attached hydrogen (secondary N) is 7. The molecule has 0 aliphatic carbocycles. The van der Waals surface area contributed by atoms with Crippen molar-refractivity contribution < 1.29 is 63.0 Å². The molecule has 0 aliphatic heterocycles. The number of thioether (sulfide) groups is 1. The molecule has 0 heterocycles. The molecule has 366 valence electrons. The molecule has 0 bridgehead atoms. The number of amides is 9. The Morgan fingerprint density at radius 3 is 1.14 bits per heavy atom. The average molecular weight is 946 g/mol. The van der Waals surface area contributed by atoms with Crippen LogP contribution in [0.1, 0.15) is 77.6 Å².